The largest absolute Gasteiger partial charge is 0.469 e. The van der Waals surface area contributed by atoms with E-state index in [2.05, 4.69) is 22.6 Å². The summed E-state index contributed by atoms with van der Waals surface area (Å²) >= 11 is 2.20. The van der Waals surface area contributed by atoms with Gasteiger partial charge in [0.1, 0.15) is 18.0 Å². The van der Waals surface area contributed by atoms with Crippen molar-refractivity contribution in [3.05, 3.63) is 54.1 Å². The van der Waals surface area contributed by atoms with Gasteiger partial charge in [0.2, 0.25) is 6.29 Å². The maximum Gasteiger partial charge on any atom is 0.309 e. The molecule has 4 rings (SSSR count). The summed E-state index contributed by atoms with van der Waals surface area (Å²) < 4.78 is 35.9. The first-order valence-electron chi connectivity index (χ1n) is 11.4. The van der Waals surface area contributed by atoms with Gasteiger partial charge in [0, 0.05) is 16.9 Å². The van der Waals surface area contributed by atoms with Gasteiger partial charge in [0.15, 0.2) is 18.0 Å². The van der Waals surface area contributed by atoms with Crippen molar-refractivity contribution in [1.29, 1.82) is 0 Å². The summed E-state index contributed by atoms with van der Waals surface area (Å²) in [7, 11) is 1.37. The molecule has 0 radical (unpaired) electrons. The number of carbonyl (C=O) groups excluding carboxylic acids is 2. The highest BCUT2D eigenvalue weighted by Gasteiger charge is 2.57. The van der Waals surface area contributed by atoms with E-state index in [4.69, 9.17) is 28.4 Å². The third-order valence-corrected chi connectivity index (χ3v) is 6.70. The van der Waals surface area contributed by atoms with Crippen molar-refractivity contribution in [2.24, 2.45) is 0 Å². The number of benzene rings is 2. The molecule has 0 unspecified atom stereocenters. The van der Waals surface area contributed by atoms with Crippen LogP contribution >= 0.6 is 22.6 Å². The van der Waals surface area contributed by atoms with Gasteiger partial charge in [-0.15, -0.1) is 0 Å². The van der Waals surface area contributed by atoms with Crippen LogP contribution in [0.3, 0.4) is 0 Å². The molecule has 2 aliphatic heterocycles. The van der Waals surface area contributed by atoms with Crippen LogP contribution in [0.4, 0.5) is 0 Å². The minimum atomic E-state index is -0.888. The monoisotopic (exact) mass is 596 g/mol. The third kappa shape index (κ3) is 5.96. The Morgan fingerprint density at radius 2 is 1.80 bits per heavy atom. The molecule has 2 saturated heterocycles. The van der Waals surface area contributed by atoms with E-state index < -0.39 is 42.5 Å². The van der Waals surface area contributed by atoms with Gasteiger partial charge in [-0.05, 0) is 31.0 Å². The van der Waals surface area contributed by atoms with E-state index in [1.165, 1.54) is 14.0 Å². The van der Waals surface area contributed by atoms with Crippen molar-refractivity contribution in [3.63, 3.8) is 0 Å². The zero-order chi connectivity index (χ0) is 25.2. The number of carbonyl (C=O) groups is 2. The summed E-state index contributed by atoms with van der Waals surface area (Å²) in [6, 6.07) is 15.3. The van der Waals surface area contributed by atoms with Gasteiger partial charge in [-0.1, -0.05) is 65.1 Å². The lowest BCUT2D eigenvalue weighted by Crippen LogP contribution is -2.59. The van der Waals surface area contributed by atoms with E-state index in [1.807, 2.05) is 62.4 Å². The highest BCUT2D eigenvalue weighted by atomic mass is 127. The molecule has 188 valence electrons. The molecule has 5 atom stereocenters. The molecule has 0 aromatic heterocycles. The van der Waals surface area contributed by atoms with Crippen LogP contribution in [0.15, 0.2) is 48.5 Å². The molecule has 2 aliphatic rings. The van der Waals surface area contributed by atoms with Gasteiger partial charge in [0.25, 0.3) is 0 Å². The van der Waals surface area contributed by atoms with Crippen LogP contribution < -0.4 is 4.74 Å². The van der Waals surface area contributed by atoms with Crippen LogP contribution in [0.1, 0.15) is 26.3 Å². The fraction of sp³-hybridized carbons (Fsp3) is 0.462. The highest BCUT2D eigenvalue weighted by molar-refractivity contribution is 14.1. The molecule has 0 bridgehead atoms. The number of esters is 2. The lowest BCUT2D eigenvalue weighted by atomic mass is 9.99. The normalized spacial score (nSPS) is 27.1. The summed E-state index contributed by atoms with van der Waals surface area (Å²) in [5.41, 5.74) is 2.56. The Labute approximate surface area is 218 Å². The Hall–Kier alpha value is -2.21. The Balaban J connectivity index is 1.63. The summed E-state index contributed by atoms with van der Waals surface area (Å²) in [5, 5.41) is 0. The quantitative estimate of drug-likeness (QED) is 0.269. The first-order valence-corrected chi connectivity index (χ1v) is 12.9. The maximum atomic E-state index is 11.8. The number of hydrogen-bond donors (Lipinski definition) is 0. The number of para-hydroxylation sites is 1. The Bertz CT molecular complexity index is 1070. The summed E-state index contributed by atoms with van der Waals surface area (Å²) in [4.78, 5) is 23.5. The van der Waals surface area contributed by atoms with Crippen LogP contribution in [-0.2, 0) is 39.7 Å². The van der Waals surface area contributed by atoms with Crippen LogP contribution in [0, 0.1) is 0 Å². The van der Waals surface area contributed by atoms with Gasteiger partial charge in [-0.2, -0.15) is 0 Å². The third-order valence-electron chi connectivity index (χ3n) is 5.83. The summed E-state index contributed by atoms with van der Waals surface area (Å²) in [6.07, 6.45) is -2.79. The van der Waals surface area contributed by atoms with Crippen LogP contribution in [0.5, 0.6) is 5.75 Å². The zero-order valence-corrected chi connectivity index (χ0v) is 22.2. The van der Waals surface area contributed by atoms with E-state index in [1.54, 1.807) is 0 Å². The summed E-state index contributed by atoms with van der Waals surface area (Å²) in [6.45, 7) is 4.99. The molecule has 0 saturated carbocycles. The van der Waals surface area contributed by atoms with E-state index in [0.717, 1.165) is 16.7 Å². The number of methoxy groups -OCH3 is 1. The second-order valence-electron chi connectivity index (χ2n) is 8.90. The first kappa shape index (κ1) is 25.9. The van der Waals surface area contributed by atoms with Crippen LogP contribution in [0.25, 0.3) is 11.1 Å². The predicted molar refractivity (Wildman–Crippen MR) is 135 cm³/mol. The van der Waals surface area contributed by atoms with Crippen molar-refractivity contribution < 1.29 is 38.0 Å². The van der Waals surface area contributed by atoms with Gasteiger partial charge in [-0.25, -0.2) is 0 Å². The first-order chi connectivity index (χ1) is 16.7. The smallest absolute Gasteiger partial charge is 0.309 e. The molecule has 2 aromatic rings. The van der Waals surface area contributed by atoms with Crippen molar-refractivity contribution in [2.75, 3.05) is 11.5 Å². The highest BCUT2D eigenvalue weighted by Crippen LogP contribution is 2.41. The Morgan fingerprint density at radius 1 is 1.06 bits per heavy atom. The maximum absolute atomic E-state index is 11.8. The standard InChI is InChI=1S/C26H29IO8/c1-15(28)31-22-20(14-27)33-25(24-23(22)34-26(2,3)35-24)32-19-11-6-5-10-18(19)17-9-7-8-16(12-17)13-21(29)30-4/h5-12,20,22-25H,13-14H2,1-4H3/t20-,22-,23+,24+,25+/m1/s1. The lowest BCUT2D eigenvalue weighted by Gasteiger charge is -2.41. The Kier molecular flexibility index (Phi) is 7.99. The minimum Gasteiger partial charge on any atom is -0.469 e. The molecule has 8 nitrogen and oxygen atoms in total. The molecular weight excluding hydrogens is 567 g/mol. The lowest BCUT2D eigenvalue weighted by molar-refractivity contribution is -0.245. The number of rotatable bonds is 7. The molecule has 2 heterocycles. The molecule has 2 aromatic carbocycles. The van der Waals surface area contributed by atoms with Gasteiger partial charge in [-0.3, -0.25) is 9.59 Å². The number of ether oxygens (including phenoxy) is 6. The minimum absolute atomic E-state index is 0.179. The van der Waals surface area contributed by atoms with E-state index in [0.29, 0.717) is 10.2 Å². The van der Waals surface area contributed by atoms with Gasteiger partial charge < -0.3 is 28.4 Å². The van der Waals surface area contributed by atoms with Crippen molar-refractivity contribution in [3.8, 4) is 16.9 Å². The molecule has 0 spiro atoms. The predicted octanol–water partition coefficient (Wildman–Crippen LogP) is 4.06. The second-order valence-corrected chi connectivity index (χ2v) is 9.78. The molecule has 0 N–H and O–H groups in total. The number of fused-ring (bicyclic) bond motifs is 1. The van der Waals surface area contributed by atoms with E-state index >= 15 is 0 Å². The molecule has 35 heavy (non-hydrogen) atoms. The average molecular weight is 596 g/mol. The van der Waals surface area contributed by atoms with E-state index in [-0.39, 0.29) is 12.4 Å². The fourth-order valence-electron chi connectivity index (χ4n) is 4.39. The topological polar surface area (TPSA) is 89.5 Å². The number of halogens is 1. The SMILES string of the molecule is COC(=O)Cc1cccc(-c2ccccc2O[C@H]2O[C@H](CI)[C@@H](OC(C)=O)[C@@H]3OC(C)(C)O[C@H]23)c1. The van der Waals surface area contributed by atoms with Crippen molar-refractivity contribution in [2.45, 2.75) is 63.7 Å². The summed E-state index contributed by atoms with van der Waals surface area (Å²) in [5.74, 6) is -1.00. The number of alkyl halides is 1. The second kappa shape index (κ2) is 10.8. The van der Waals surface area contributed by atoms with Crippen LogP contribution in [-0.4, -0.2) is 60.0 Å². The van der Waals surface area contributed by atoms with Crippen LogP contribution in [0.2, 0.25) is 0 Å². The average Bonchev–Trinajstić information content (AvgIpc) is 3.16. The fourth-order valence-corrected chi connectivity index (χ4v) is 5.10. The van der Waals surface area contributed by atoms with E-state index in [9.17, 15) is 9.59 Å². The van der Waals surface area contributed by atoms with Crippen molar-refractivity contribution >= 4 is 34.5 Å². The van der Waals surface area contributed by atoms with Crippen molar-refractivity contribution in [1.82, 2.24) is 0 Å². The van der Waals surface area contributed by atoms with Gasteiger partial charge >= 0.3 is 11.9 Å². The molecule has 0 amide bonds. The zero-order valence-electron chi connectivity index (χ0n) is 20.1. The number of hydrogen-bond acceptors (Lipinski definition) is 8. The van der Waals surface area contributed by atoms with Gasteiger partial charge in [0.05, 0.1) is 13.5 Å². The molecule has 9 heteroatoms. The Morgan fingerprint density at radius 3 is 2.51 bits per heavy atom. The molecular formula is C26H29IO8. The molecule has 0 aliphatic carbocycles. The molecule has 2 fully saturated rings.